The van der Waals surface area contributed by atoms with Crippen molar-refractivity contribution in [3.63, 3.8) is 0 Å². The molecule has 0 spiro atoms. The first-order valence-corrected chi connectivity index (χ1v) is 8.30. The summed E-state index contributed by atoms with van der Waals surface area (Å²) >= 11 is 0. The van der Waals surface area contributed by atoms with Crippen molar-refractivity contribution in [3.05, 3.63) is 58.7 Å². The highest BCUT2D eigenvalue weighted by molar-refractivity contribution is 6.10. The largest absolute Gasteiger partial charge is 0.493 e. The van der Waals surface area contributed by atoms with E-state index in [1.54, 1.807) is 25.3 Å². The van der Waals surface area contributed by atoms with Crippen LogP contribution in [0.2, 0.25) is 0 Å². The maximum Gasteiger partial charge on any atom is 0.266 e. The molecule has 0 aliphatic rings. The third-order valence-electron chi connectivity index (χ3n) is 4.02. The first-order valence-electron chi connectivity index (χ1n) is 8.30. The van der Waals surface area contributed by atoms with Gasteiger partial charge in [0, 0.05) is 5.69 Å². The van der Waals surface area contributed by atoms with Crippen LogP contribution in [0, 0.1) is 25.2 Å². The third-order valence-corrected chi connectivity index (χ3v) is 4.02. The second-order valence-electron chi connectivity index (χ2n) is 5.71. The second kappa shape index (κ2) is 8.72. The molecule has 2 aromatic carbocycles. The van der Waals surface area contributed by atoms with E-state index in [9.17, 15) is 10.1 Å². The number of nitriles is 1. The maximum absolute atomic E-state index is 12.5. The van der Waals surface area contributed by atoms with Gasteiger partial charge in [-0.15, -0.1) is 0 Å². The van der Waals surface area contributed by atoms with Gasteiger partial charge in [0.1, 0.15) is 11.6 Å². The third kappa shape index (κ3) is 4.42. The number of aryl methyl sites for hydroxylation is 1. The van der Waals surface area contributed by atoms with E-state index >= 15 is 0 Å². The molecule has 0 heterocycles. The van der Waals surface area contributed by atoms with Crippen LogP contribution in [-0.4, -0.2) is 19.6 Å². The summed E-state index contributed by atoms with van der Waals surface area (Å²) in [5.74, 6) is 0.715. The number of methoxy groups -OCH3 is 1. The SMILES string of the molecule is CCOc1ccc(C=C(C#N)C(=O)Nc2cccc(C)c2C)cc1OC. The van der Waals surface area contributed by atoms with Gasteiger partial charge in [-0.3, -0.25) is 4.79 Å². The molecular weight excluding hydrogens is 328 g/mol. The Morgan fingerprint density at radius 1 is 1.23 bits per heavy atom. The van der Waals surface area contributed by atoms with Crippen LogP contribution in [0.5, 0.6) is 11.5 Å². The molecule has 1 N–H and O–H groups in total. The molecule has 1 amide bonds. The van der Waals surface area contributed by atoms with Crippen LogP contribution in [0.3, 0.4) is 0 Å². The molecular formula is C21H22N2O3. The Morgan fingerprint density at radius 3 is 2.65 bits per heavy atom. The Labute approximate surface area is 153 Å². The van der Waals surface area contributed by atoms with Crippen LogP contribution in [0.1, 0.15) is 23.6 Å². The molecule has 0 aliphatic heterocycles. The number of hydrogen-bond acceptors (Lipinski definition) is 4. The van der Waals surface area contributed by atoms with Gasteiger partial charge in [-0.2, -0.15) is 5.26 Å². The van der Waals surface area contributed by atoms with Gasteiger partial charge in [0.15, 0.2) is 11.5 Å². The van der Waals surface area contributed by atoms with Crippen LogP contribution >= 0.6 is 0 Å². The highest BCUT2D eigenvalue weighted by atomic mass is 16.5. The molecule has 0 radical (unpaired) electrons. The number of nitrogens with one attached hydrogen (secondary N) is 1. The molecule has 0 atom stereocenters. The lowest BCUT2D eigenvalue weighted by molar-refractivity contribution is -0.112. The average Bonchev–Trinajstić information content (AvgIpc) is 2.64. The topological polar surface area (TPSA) is 71.3 Å². The number of hydrogen-bond donors (Lipinski definition) is 1. The van der Waals surface area contributed by atoms with Crippen LogP contribution in [0.15, 0.2) is 42.0 Å². The summed E-state index contributed by atoms with van der Waals surface area (Å²) in [5.41, 5.74) is 3.43. The van der Waals surface area contributed by atoms with Gasteiger partial charge in [0.25, 0.3) is 5.91 Å². The van der Waals surface area contributed by atoms with Crippen molar-refractivity contribution in [1.29, 1.82) is 5.26 Å². The molecule has 0 unspecified atom stereocenters. The van der Waals surface area contributed by atoms with Gasteiger partial charge in [0.2, 0.25) is 0 Å². The summed E-state index contributed by atoms with van der Waals surface area (Å²) < 4.78 is 10.8. The van der Waals surface area contributed by atoms with E-state index in [2.05, 4.69) is 5.32 Å². The van der Waals surface area contributed by atoms with E-state index in [1.807, 2.05) is 45.0 Å². The van der Waals surface area contributed by atoms with E-state index < -0.39 is 5.91 Å². The molecule has 0 saturated carbocycles. The van der Waals surface area contributed by atoms with Crippen molar-refractivity contribution >= 4 is 17.7 Å². The molecule has 5 heteroatoms. The Balaban J connectivity index is 2.28. The van der Waals surface area contributed by atoms with Crippen molar-refractivity contribution in [2.75, 3.05) is 19.0 Å². The van der Waals surface area contributed by atoms with E-state index in [0.29, 0.717) is 29.4 Å². The Morgan fingerprint density at radius 2 is 2.00 bits per heavy atom. The van der Waals surface area contributed by atoms with Gasteiger partial charge in [-0.25, -0.2) is 0 Å². The van der Waals surface area contributed by atoms with Gasteiger partial charge >= 0.3 is 0 Å². The monoisotopic (exact) mass is 350 g/mol. The van der Waals surface area contributed by atoms with E-state index in [1.165, 1.54) is 6.08 Å². The lowest BCUT2D eigenvalue weighted by atomic mass is 10.1. The van der Waals surface area contributed by atoms with Crippen molar-refractivity contribution in [1.82, 2.24) is 0 Å². The summed E-state index contributed by atoms with van der Waals surface area (Å²) in [7, 11) is 1.55. The van der Waals surface area contributed by atoms with Gasteiger partial charge in [0.05, 0.1) is 13.7 Å². The highest BCUT2D eigenvalue weighted by Gasteiger charge is 2.12. The summed E-state index contributed by atoms with van der Waals surface area (Å²) in [6, 6.07) is 12.9. The zero-order valence-corrected chi connectivity index (χ0v) is 15.4. The molecule has 134 valence electrons. The molecule has 0 aliphatic carbocycles. The average molecular weight is 350 g/mol. The normalized spacial score (nSPS) is 10.8. The number of amides is 1. The number of anilines is 1. The lowest BCUT2D eigenvalue weighted by Gasteiger charge is -2.11. The summed E-state index contributed by atoms with van der Waals surface area (Å²) in [5, 5.41) is 12.2. The van der Waals surface area contributed by atoms with Gasteiger partial charge < -0.3 is 14.8 Å². The molecule has 0 fully saturated rings. The number of ether oxygens (including phenoxy) is 2. The number of benzene rings is 2. The molecule has 26 heavy (non-hydrogen) atoms. The number of rotatable bonds is 6. The number of carbonyl (C=O) groups excluding carboxylic acids is 1. The predicted octanol–water partition coefficient (Wildman–Crippen LogP) is 4.26. The van der Waals surface area contributed by atoms with Crippen LogP contribution in [0.25, 0.3) is 6.08 Å². The van der Waals surface area contributed by atoms with Crippen molar-refractivity contribution in [3.8, 4) is 17.6 Å². The van der Waals surface area contributed by atoms with Crippen molar-refractivity contribution < 1.29 is 14.3 Å². The van der Waals surface area contributed by atoms with Gasteiger partial charge in [-0.1, -0.05) is 18.2 Å². The molecule has 0 aromatic heterocycles. The molecule has 0 bridgehead atoms. The van der Waals surface area contributed by atoms with E-state index in [0.717, 1.165) is 11.1 Å². The summed E-state index contributed by atoms with van der Waals surface area (Å²) in [6.45, 7) is 6.31. The summed E-state index contributed by atoms with van der Waals surface area (Å²) in [6.07, 6.45) is 1.53. The fourth-order valence-electron chi connectivity index (χ4n) is 2.44. The quantitative estimate of drug-likeness (QED) is 0.624. The fraction of sp³-hybridized carbons (Fsp3) is 0.238. The van der Waals surface area contributed by atoms with Crippen molar-refractivity contribution in [2.45, 2.75) is 20.8 Å². The zero-order valence-electron chi connectivity index (χ0n) is 15.4. The molecule has 0 saturated heterocycles. The zero-order chi connectivity index (χ0) is 19.1. The van der Waals surface area contributed by atoms with Crippen molar-refractivity contribution in [2.24, 2.45) is 0 Å². The Hall–Kier alpha value is -3.26. The first-order chi connectivity index (χ1) is 12.5. The van der Waals surface area contributed by atoms with E-state index in [-0.39, 0.29) is 5.57 Å². The van der Waals surface area contributed by atoms with Crippen LogP contribution in [-0.2, 0) is 4.79 Å². The number of carbonyl (C=O) groups is 1. The minimum absolute atomic E-state index is 0.0112. The molecule has 2 aromatic rings. The number of nitrogens with zero attached hydrogens (tertiary/aromatic N) is 1. The first kappa shape index (κ1) is 19.1. The molecule has 2 rings (SSSR count). The fourth-order valence-corrected chi connectivity index (χ4v) is 2.44. The minimum Gasteiger partial charge on any atom is -0.493 e. The Bertz CT molecular complexity index is 879. The predicted molar refractivity (Wildman–Crippen MR) is 102 cm³/mol. The van der Waals surface area contributed by atoms with Crippen LogP contribution in [0.4, 0.5) is 5.69 Å². The minimum atomic E-state index is -0.450. The molecule has 5 nitrogen and oxygen atoms in total. The van der Waals surface area contributed by atoms with Gasteiger partial charge in [-0.05, 0) is 61.7 Å². The second-order valence-corrected chi connectivity index (χ2v) is 5.71. The van der Waals surface area contributed by atoms with Crippen LogP contribution < -0.4 is 14.8 Å². The Kier molecular flexibility index (Phi) is 6.40. The maximum atomic E-state index is 12.5. The summed E-state index contributed by atoms with van der Waals surface area (Å²) in [4.78, 5) is 12.5. The lowest BCUT2D eigenvalue weighted by Crippen LogP contribution is -2.14. The smallest absolute Gasteiger partial charge is 0.266 e. The highest BCUT2D eigenvalue weighted by Crippen LogP contribution is 2.29. The standard InChI is InChI=1S/C21H22N2O3/c1-5-26-19-10-9-16(12-20(19)25-4)11-17(13-22)21(24)23-18-8-6-7-14(2)15(18)3/h6-12H,5H2,1-4H3,(H,23,24). The van der Waals surface area contributed by atoms with E-state index in [4.69, 9.17) is 9.47 Å².